The summed E-state index contributed by atoms with van der Waals surface area (Å²) in [5.74, 6) is -0.101. The van der Waals surface area contributed by atoms with E-state index in [1.54, 1.807) is 12.1 Å². The molecule has 1 saturated heterocycles. The Balaban J connectivity index is 1.86. The summed E-state index contributed by atoms with van der Waals surface area (Å²) in [4.78, 5) is 2.26. The number of benzene rings is 1. The Hall–Kier alpha value is -0.980. The van der Waals surface area contributed by atoms with E-state index in [1.807, 2.05) is 0 Å². The molecule has 2 atom stereocenters. The van der Waals surface area contributed by atoms with Gasteiger partial charge in [-0.05, 0) is 56.5 Å². The van der Waals surface area contributed by atoms with Gasteiger partial charge in [0.05, 0.1) is 11.9 Å². The quantitative estimate of drug-likeness (QED) is 0.833. The Morgan fingerprint density at radius 3 is 2.68 bits per heavy atom. The van der Waals surface area contributed by atoms with Gasteiger partial charge in [0.1, 0.15) is 15.7 Å². The van der Waals surface area contributed by atoms with Crippen LogP contribution >= 0.6 is 0 Å². The van der Waals surface area contributed by atoms with Crippen molar-refractivity contribution < 1.29 is 17.9 Å². The molecule has 1 aromatic carbocycles. The fourth-order valence-electron chi connectivity index (χ4n) is 3.07. The summed E-state index contributed by atoms with van der Waals surface area (Å²) in [6, 6.07) is 6.21. The van der Waals surface area contributed by atoms with Gasteiger partial charge in [0.15, 0.2) is 0 Å². The van der Waals surface area contributed by atoms with Gasteiger partial charge >= 0.3 is 0 Å². The van der Waals surface area contributed by atoms with Crippen molar-refractivity contribution in [1.29, 1.82) is 0 Å². The highest BCUT2D eigenvalue weighted by molar-refractivity contribution is 7.90. The lowest BCUT2D eigenvalue weighted by molar-refractivity contribution is 0.121. The Morgan fingerprint density at radius 1 is 1.36 bits per heavy atom. The molecule has 0 spiro atoms. The molecule has 0 aromatic heterocycles. The molecule has 2 rings (SSSR count). The zero-order valence-corrected chi connectivity index (χ0v) is 13.7. The first kappa shape index (κ1) is 17.4. The smallest absolute Gasteiger partial charge is 0.147 e. The first-order chi connectivity index (χ1) is 10.3. The summed E-state index contributed by atoms with van der Waals surface area (Å²) in [5.41, 5.74) is 0.726. The van der Waals surface area contributed by atoms with E-state index in [-0.39, 0.29) is 17.6 Å². The minimum atomic E-state index is -2.91. The van der Waals surface area contributed by atoms with E-state index in [1.165, 1.54) is 18.4 Å². The van der Waals surface area contributed by atoms with Crippen LogP contribution in [0.3, 0.4) is 0 Å². The number of nitrogens with zero attached hydrogens (tertiary/aromatic N) is 1. The Kier molecular flexibility index (Phi) is 5.94. The second-order valence-electron chi connectivity index (χ2n) is 6.12. The van der Waals surface area contributed by atoms with E-state index < -0.39 is 15.9 Å². The fraction of sp³-hybridized carbons (Fsp3) is 0.625. The Morgan fingerprint density at radius 2 is 2.05 bits per heavy atom. The highest BCUT2D eigenvalue weighted by Gasteiger charge is 2.26. The second-order valence-corrected chi connectivity index (χ2v) is 8.38. The topological polar surface area (TPSA) is 57.6 Å². The minimum absolute atomic E-state index is 0.205. The van der Waals surface area contributed by atoms with E-state index in [0.29, 0.717) is 12.8 Å². The number of likely N-dealkylation sites (tertiary alicyclic amines) is 1. The van der Waals surface area contributed by atoms with Gasteiger partial charge in [0.25, 0.3) is 0 Å². The number of hydrogen-bond donors (Lipinski definition) is 1. The highest BCUT2D eigenvalue weighted by atomic mass is 32.2. The number of sulfone groups is 1. The maximum atomic E-state index is 12.9. The van der Waals surface area contributed by atoms with Gasteiger partial charge < -0.3 is 10.0 Å². The van der Waals surface area contributed by atoms with Crippen LogP contribution in [0.25, 0.3) is 0 Å². The SMILES string of the molecule is CS(=O)(=O)CCCN1CCCC1CC(O)c1ccc(F)cc1. The van der Waals surface area contributed by atoms with Crippen molar-refractivity contribution in [3.8, 4) is 0 Å². The second kappa shape index (κ2) is 7.53. The Labute approximate surface area is 131 Å². The van der Waals surface area contributed by atoms with Gasteiger partial charge in [0.2, 0.25) is 0 Å². The Bertz CT molecular complexity index is 574. The lowest BCUT2D eigenvalue weighted by Gasteiger charge is -2.26. The van der Waals surface area contributed by atoms with Crippen LogP contribution in [-0.2, 0) is 9.84 Å². The minimum Gasteiger partial charge on any atom is -0.388 e. The van der Waals surface area contributed by atoms with Crippen LogP contribution in [0.15, 0.2) is 24.3 Å². The van der Waals surface area contributed by atoms with E-state index in [9.17, 15) is 17.9 Å². The van der Waals surface area contributed by atoms with Gasteiger partial charge in [-0.25, -0.2) is 12.8 Å². The van der Waals surface area contributed by atoms with E-state index in [2.05, 4.69) is 4.90 Å². The molecule has 1 N–H and O–H groups in total. The molecule has 1 aliphatic heterocycles. The van der Waals surface area contributed by atoms with Gasteiger partial charge in [-0.3, -0.25) is 0 Å². The summed E-state index contributed by atoms with van der Waals surface area (Å²) >= 11 is 0. The standard InChI is InChI=1S/C16H24FNO3S/c1-22(20,21)11-3-10-18-9-2-4-15(18)12-16(19)13-5-7-14(17)8-6-13/h5-8,15-16,19H,2-4,9-12H2,1H3. The monoisotopic (exact) mass is 329 g/mol. The zero-order chi connectivity index (χ0) is 16.2. The summed E-state index contributed by atoms with van der Waals surface area (Å²) in [6.07, 6.45) is 3.96. The van der Waals surface area contributed by atoms with Gasteiger partial charge in [-0.2, -0.15) is 0 Å². The average molecular weight is 329 g/mol. The molecule has 0 radical (unpaired) electrons. The third-order valence-corrected chi connectivity index (χ3v) is 5.24. The predicted octanol–water partition coefficient (Wildman–Crippen LogP) is 2.15. The van der Waals surface area contributed by atoms with Crippen LogP contribution in [-0.4, -0.2) is 49.6 Å². The van der Waals surface area contributed by atoms with Crippen LogP contribution < -0.4 is 0 Å². The molecule has 0 saturated carbocycles. The molecular formula is C16H24FNO3S. The number of aliphatic hydroxyl groups excluding tert-OH is 1. The molecule has 1 aromatic rings. The van der Waals surface area contributed by atoms with Gasteiger partial charge in [0, 0.05) is 12.3 Å². The first-order valence-electron chi connectivity index (χ1n) is 7.70. The van der Waals surface area contributed by atoms with Crippen LogP contribution in [0.4, 0.5) is 4.39 Å². The maximum absolute atomic E-state index is 12.9. The molecule has 0 bridgehead atoms. The molecule has 6 heteroatoms. The highest BCUT2D eigenvalue weighted by Crippen LogP contribution is 2.27. The molecule has 22 heavy (non-hydrogen) atoms. The van der Waals surface area contributed by atoms with Crippen LogP contribution in [0.1, 0.15) is 37.4 Å². The molecule has 0 amide bonds. The van der Waals surface area contributed by atoms with Crippen molar-refractivity contribution in [3.63, 3.8) is 0 Å². The van der Waals surface area contributed by atoms with Gasteiger partial charge in [-0.1, -0.05) is 12.1 Å². The van der Waals surface area contributed by atoms with E-state index in [0.717, 1.165) is 31.5 Å². The summed E-state index contributed by atoms with van der Waals surface area (Å²) in [5, 5.41) is 10.3. The first-order valence-corrected chi connectivity index (χ1v) is 9.76. The van der Waals surface area contributed by atoms with Gasteiger partial charge in [-0.15, -0.1) is 0 Å². The van der Waals surface area contributed by atoms with E-state index >= 15 is 0 Å². The van der Waals surface area contributed by atoms with Crippen molar-refractivity contribution in [3.05, 3.63) is 35.6 Å². The van der Waals surface area contributed by atoms with Crippen LogP contribution in [0.5, 0.6) is 0 Å². The van der Waals surface area contributed by atoms with Crippen molar-refractivity contribution in [2.75, 3.05) is 25.1 Å². The lowest BCUT2D eigenvalue weighted by atomic mass is 10.0. The normalized spacial score (nSPS) is 21.1. The molecule has 4 nitrogen and oxygen atoms in total. The van der Waals surface area contributed by atoms with Crippen LogP contribution in [0, 0.1) is 5.82 Å². The van der Waals surface area contributed by atoms with Crippen molar-refractivity contribution >= 4 is 9.84 Å². The van der Waals surface area contributed by atoms with E-state index in [4.69, 9.17) is 0 Å². The summed E-state index contributed by atoms with van der Waals surface area (Å²) in [6.45, 7) is 1.69. The van der Waals surface area contributed by atoms with Crippen molar-refractivity contribution in [2.24, 2.45) is 0 Å². The molecule has 2 unspecified atom stereocenters. The van der Waals surface area contributed by atoms with Crippen molar-refractivity contribution in [1.82, 2.24) is 4.90 Å². The average Bonchev–Trinajstić information content (AvgIpc) is 2.85. The molecule has 1 heterocycles. The maximum Gasteiger partial charge on any atom is 0.147 e. The van der Waals surface area contributed by atoms with Crippen molar-refractivity contribution in [2.45, 2.75) is 37.8 Å². The lowest BCUT2D eigenvalue weighted by Crippen LogP contribution is -2.32. The van der Waals surface area contributed by atoms with Crippen LogP contribution in [0.2, 0.25) is 0 Å². The third-order valence-electron chi connectivity index (χ3n) is 4.21. The third kappa shape index (κ3) is 5.34. The molecule has 124 valence electrons. The number of halogens is 1. The number of rotatable bonds is 7. The number of hydrogen-bond acceptors (Lipinski definition) is 4. The molecular weight excluding hydrogens is 305 g/mol. The summed E-state index contributed by atoms with van der Waals surface area (Å²) < 4.78 is 35.3. The molecule has 0 aliphatic carbocycles. The largest absolute Gasteiger partial charge is 0.388 e. The fourth-order valence-corrected chi connectivity index (χ4v) is 3.72. The predicted molar refractivity (Wildman–Crippen MR) is 84.9 cm³/mol. The summed E-state index contributed by atoms with van der Waals surface area (Å²) in [7, 11) is -2.91. The molecule has 1 aliphatic rings. The number of aliphatic hydroxyl groups is 1. The molecule has 1 fully saturated rings. The zero-order valence-electron chi connectivity index (χ0n) is 12.9.